The first-order valence-electron chi connectivity index (χ1n) is 7.58. The van der Waals surface area contributed by atoms with Crippen molar-refractivity contribution >= 4 is 12.2 Å². The summed E-state index contributed by atoms with van der Waals surface area (Å²) >= 11 is 0. The van der Waals surface area contributed by atoms with E-state index in [-0.39, 0.29) is 6.61 Å². The van der Waals surface area contributed by atoms with Gasteiger partial charge >= 0.3 is 0 Å². The number of nitrogens with zero attached hydrogens (tertiary/aromatic N) is 3. The SMILES string of the molecule is Cc1ccc(/C=C/c2c(CO)nnn2Cc2ccccc2)cc1. The van der Waals surface area contributed by atoms with Gasteiger partial charge in [-0.1, -0.05) is 71.5 Å². The highest BCUT2D eigenvalue weighted by atomic mass is 16.3. The van der Waals surface area contributed by atoms with Crippen LogP contribution in [-0.4, -0.2) is 20.1 Å². The Morgan fingerprint density at radius 1 is 1.00 bits per heavy atom. The van der Waals surface area contributed by atoms with Gasteiger partial charge in [0, 0.05) is 0 Å². The van der Waals surface area contributed by atoms with Crippen LogP contribution in [0.4, 0.5) is 0 Å². The van der Waals surface area contributed by atoms with Crippen molar-refractivity contribution in [2.75, 3.05) is 0 Å². The lowest BCUT2D eigenvalue weighted by molar-refractivity contribution is 0.276. The van der Waals surface area contributed by atoms with Gasteiger partial charge in [0.2, 0.25) is 0 Å². The molecule has 0 atom stereocenters. The third-order valence-corrected chi connectivity index (χ3v) is 3.68. The van der Waals surface area contributed by atoms with Crippen molar-refractivity contribution in [2.45, 2.75) is 20.1 Å². The molecule has 2 aromatic carbocycles. The third-order valence-electron chi connectivity index (χ3n) is 3.68. The molecule has 0 aliphatic rings. The predicted octanol–water partition coefficient (Wildman–Crippen LogP) is 3.30. The lowest BCUT2D eigenvalue weighted by atomic mass is 10.1. The Bertz CT molecular complexity index is 789. The summed E-state index contributed by atoms with van der Waals surface area (Å²) in [5, 5.41) is 17.7. The first-order chi connectivity index (χ1) is 11.3. The molecule has 0 amide bonds. The van der Waals surface area contributed by atoms with Crippen LogP contribution in [0, 0.1) is 6.92 Å². The summed E-state index contributed by atoms with van der Waals surface area (Å²) in [6, 6.07) is 18.4. The highest BCUT2D eigenvalue weighted by molar-refractivity contribution is 5.69. The third kappa shape index (κ3) is 3.73. The minimum atomic E-state index is -0.123. The summed E-state index contributed by atoms with van der Waals surface area (Å²) in [6.07, 6.45) is 3.97. The van der Waals surface area contributed by atoms with Crippen molar-refractivity contribution in [2.24, 2.45) is 0 Å². The van der Waals surface area contributed by atoms with Gasteiger partial charge in [-0.25, -0.2) is 4.68 Å². The molecule has 0 spiro atoms. The minimum Gasteiger partial charge on any atom is -0.390 e. The molecule has 0 radical (unpaired) electrons. The molecule has 3 aromatic rings. The smallest absolute Gasteiger partial charge is 0.115 e. The fraction of sp³-hybridized carbons (Fsp3) is 0.158. The van der Waals surface area contributed by atoms with Crippen molar-refractivity contribution in [1.82, 2.24) is 15.0 Å². The van der Waals surface area contributed by atoms with Crippen LogP contribution in [0.3, 0.4) is 0 Å². The molecule has 116 valence electrons. The van der Waals surface area contributed by atoms with E-state index in [4.69, 9.17) is 0 Å². The van der Waals surface area contributed by atoms with Crippen LogP contribution in [0.1, 0.15) is 28.1 Å². The topological polar surface area (TPSA) is 50.9 Å². The summed E-state index contributed by atoms with van der Waals surface area (Å²) in [5.41, 5.74) is 4.90. The molecule has 3 rings (SSSR count). The molecular formula is C19H19N3O. The normalized spacial score (nSPS) is 11.2. The fourth-order valence-electron chi connectivity index (χ4n) is 2.38. The number of aliphatic hydroxyl groups excluding tert-OH is 1. The van der Waals surface area contributed by atoms with Gasteiger partial charge in [-0.3, -0.25) is 0 Å². The zero-order chi connectivity index (χ0) is 16.1. The second-order valence-electron chi connectivity index (χ2n) is 5.47. The maximum absolute atomic E-state index is 9.48. The second kappa shape index (κ2) is 7.03. The summed E-state index contributed by atoms with van der Waals surface area (Å²) in [6.45, 7) is 2.57. The maximum atomic E-state index is 9.48. The summed E-state index contributed by atoms with van der Waals surface area (Å²) in [5.74, 6) is 0. The average molecular weight is 305 g/mol. The van der Waals surface area contributed by atoms with E-state index in [0.717, 1.165) is 16.8 Å². The van der Waals surface area contributed by atoms with Gasteiger partial charge in [-0.15, -0.1) is 5.10 Å². The van der Waals surface area contributed by atoms with E-state index in [1.165, 1.54) is 5.56 Å². The highest BCUT2D eigenvalue weighted by Gasteiger charge is 2.09. The van der Waals surface area contributed by atoms with E-state index >= 15 is 0 Å². The zero-order valence-corrected chi connectivity index (χ0v) is 13.1. The number of hydrogen-bond acceptors (Lipinski definition) is 3. The van der Waals surface area contributed by atoms with Gasteiger partial charge in [0.15, 0.2) is 0 Å². The molecule has 0 saturated carbocycles. The summed E-state index contributed by atoms with van der Waals surface area (Å²) in [4.78, 5) is 0. The molecule has 1 heterocycles. The summed E-state index contributed by atoms with van der Waals surface area (Å²) < 4.78 is 1.81. The predicted molar refractivity (Wildman–Crippen MR) is 91.6 cm³/mol. The molecule has 4 heteroatoms. The van der Waals surface area contributed by atoms with E-state index in [1.54, 1.807) is 0 Å². The van der Waals surface area contributed by atoms with Gasteiger partial charge < -0.3 is 5.11 Å². The number of rotatable bonds is 5. The Hall–Kier alpha value is -2.72. The van der Waals surface area contributed by atoms with Crippen molar-refractivity contribution in [3.63, 3.8) is 0 Å². The van der Waals surface area contributed by atoms with Crippen LogP contribution in [0.15, 0.2) is 54.6 Å². The van der Waals surface area contributed by atoms with E-state index < -0.39 is 0 Å². The standard InChI is InChI=1S/C19H19N3O/c1-15-7-9-16(10-8-15)11-12-19-18(14-23)20-21-22(19)13-17-5-3-2-4-6-17/h2-12,23H,13-14H2,1H3/b12-11+. The van der Waals surface area contributed by atoms with Gasteiger partial charge in [0.25, 0.3) is 0 Å². The Kier molecular flexibility index (Phi) is 4.64. The molecule has 0 bridgehead atoms. The first kappa shape index (κ1) is 15.2. The number of hydrogen-bond donors (Lipinski definition) is 1. The molecule has 4 nitrogen and oxygen atoms in total. The molecule has 0 aliphatic heterocycles. The molecule has 0 unspecified atom stereocenters. The van der Waals surface area contributed by atoms with Gasteiger partial charge in [0.1, 0.15) is 5.69 Å². The molecular weight excluding hydrogens is 286 g/mol. The quantitative estimate of drug-likeness (QED) is 0.787. The zero-order valence-electron chi connectivity index (χ0n) is 13.1. The van der Waals surface area contributed by atoms with Crippen LogP contribution < -0.4 is 0 Å². The monoisotopic (exact) mass is 305 g/mol. The molecule has 0 aliphatic carbocycles. The van der Waals surface area contributed by atoms with Crippen LogP contribution in [0.25, 0.3) is 12.2 Å². The fourth-order valence-corrected chi connectivity index (χ4v) is 2.38. The Morgan fingerprint density at radius 3 is 2.43 bits per heavy atom. The van der Waals surface area contributed by atoms with Crippen molar-refractivity contribution < 1.29 is 5.11 Å². The minimum absolute atomic E-state index is 0.123. The van der Waals surface area contributed by atoms with E-state index in [0.29, 0.717) is 12.2 Å². The largest absolute Gasteiger partial charge is 0.390 e. The van der Waals surface area contributed by atoms with Gasteiger partial charge in [0.05, 0.1) is 18.8 Å². The van der Waals surface area contributed by atoms with Crippen molar-refractivity contribution in [1.29, 1.82) is 0 Å². The molecule has 0 fully saturated rings. The van der Waals surface area contributed by atoms with Crippen LogP contribution in [0.2, 0.25) is 0 Å². The first-order valence-corrected chi connectivity index (χ1v) is 7.58. The van der Waals surface area contributed by atoms with Crippen LogP contribution >= 0.6 is 0 Å². The lowest BCUT2D eigenvalue weighted by Gasteiger charge is -2.04. The summed E-state index contributed by atoms with van der Waals surface area (Å²) in [7, 11) is 0. The second-order valence-corrected chi connectivity index (χ2v) is 5.47. The Labute approximate surface area is 135 Å². The average Bonchev–Trinajstić information content (AvgIpc) is 2.97. The molecule has 1 aromatic heterocycles. The number of aliphatic hydroxyl groups is 1. The number of aromatic nitrogens is 3. The van der Waals surface area contributed by atoms with Crippen LogP contribution in [0.5, 0.6) is 0 Å². The Balaban J connectivity index is 1.88. The number of aryl methyl sites for hydroxylation is 1. The molecule has 23 heavy (non-hydrogen) atoms. The molecule has 0 saturated heterocycles. The molecule has 1 N–H and O–H groups in total. The van der Waals surface area contributed by atoms with Crippen molar-refractivity contribution in [3.05, 3.63) is 82.7 Å². The van der Waals surface area contributed by atoms with E-state index in [2.05, 4.69) is 41.5 Å². The van der Waals surface area contributed by atoms with E-state index in [9.17, 15) is 5.11 Å². The van der Waals surface area contributed by atoms with Crippen LogP contribution in [-0.2, 0) is 13.2 Å². The van der Waals surface area contributed by atoms with Gasteiger partial charge in [-0.2, -0.15) is 0 Å². The lowest BCUT2D eigenvalue weighted by Crippen LogP contribution is -2.04. The van der Waals surface area contributed by atoms with E-state index in [1.807, 2.05) is 47.2 Å². The van der Waals surface area contributed by atoms with Crippen molar-refractivity contribution in [3.8, 4) is 0 Å². The Morgan fingerprint density at radius 2 is 1.74 bits per heavy atom. The maximum Gasteiger partial charge on any atom is 0.115 e. The van der Waals surface area contributed by atoms with Gasteiger partial charge in [-0.05, 0) is 24.1 Å². The number of benzene rings is 2. The highest BCUT2D eigenvalue weighted by Crippen LogP contribution is 2.14.